The predicted octanol–water partition coefficient (Wildman–Crippen LogP) is 1.38. The normalized spacial score (nSPS) is 20.8. The number of carbonyl (C=O) groups excluding carboxylic acids is 4. The summed E-state index contributed by atoms with van der Waals surface area (Å²) in [6.45, 7) is 6.72. The maximum Gasteiger partial charge on any atom is 0.330 e. The lowest BCUT2D eigenvalue weighted by molar-refractivity contribution is -0.147. The molecule has 0 spiro atoms. The Hall–Kier alpha value is -2.46. The molecule has 1 heterocycles. The molecule has 2 rings (SSSR count). The van der Waals surface area contributed by atoms with Gasteiger partial charge in [0.15, 0.2) is 11.7 Å². The first kappa shape index (κ1) is 22.8. The zero-order chi connectivity index (χ0) is 22.1. The van der Waals surface area contributed by atoms with E-state index in [1.807, 2.05) is 5.32 Å². The zero-order valence-corrected chi connectivity index (χ0v) is 17.7. The molecule has 0 aromatic heterocycles. The van der Waals surface area contributed by atoms with Gasteiger partial charge in [0.05, 0.1) is 21.3 Å². The third kappa shape index (κ3) is 4.94. The van der Waals surface area contributed by atoms with Crippen LogP contribution in [0.2, 0.25) is 0 Å². The number of Topliss-reactive ketones (excluding diaryl/α,β-unsaturated/α-hetero) is 1. The van der Waals surface area contributed by atoms with Crippen LogP contribution in [0, 0.1) is 11.7 Å². The smallest absolute Gasteiger partial charge is 0.298 e. The molecule has 2 N–H and O–H groups in total. The van der Waals surface area contributed by atoms with Crippen molar-refractivity contribution in [2.45, 2.75) is 44.4 Å². The highest BCUT2D eigenvalue weighted by Crippen LogP contribution is 2.30. The lowest BCUT2D eigenvalue weighted by atomic mass is 9.83. The molecule has 1 unspecified atom stereocenters. The average Bonchev–Trinajstić information content (AvgIpc) is 2.58. The first-order valence-electron chi connectivity index (χ1n) is 8.87. The first-order valence-corrected chi connectivity index (χ1v) is 10.0. The molecule has 1 fully saturated rings. The van der Waals surface area contributed by atoms with Gasteiger partial charge >= 0.3 is 6.03 Å². The van der Waals surface area contributed by atoms with Crippen LogP contribution in [-0.2, 0) is 30.9 Å². The van der Waals surface area contributed by atoms with Gasteiger partial charge in [-0.1, -0.05) is 12.1 Å². The van der Waals surface area contributed by atoms with Crippen LogP contribution in [0.4, 0.5) is 9.18 Å². The molecule has 158 valence electrons. The van der Waals surface area contributed by atoms with E-state index in [1.54, 1.807) is 33.8 Å². The number of carbonyl (C=O) groups is 4. The summed E-state index contributed by atoms with van der Waals surface area (Å²) < 4.78 is 28.7. The maximum atomic E-state index is 13.8. The summed E-state index contributed by atoms with van der Waals surface area (Å²) in [7, 11) is -0.484. The largest absolute Gasteiger partial charge is 0.330 e. The van der Waals surface area contributed by atoms with Gasteiger partial charge < -0.3 is 0 Å². The van der Waals surface area contributed by atoms with E-state index >= 15 is 0 Å². The van der Waals surface area contributed by atoms with Crippen molar-refractivity contribution in [2.24, 2.45) is 5.92 Å². The Morgan fingerprint density at radius 3 is 2.41 bits per heavy atom. The molecule has 10 heteroatoms. The Bertz CT molecular complexity index is 898. The molecule has 3 atom stereocenters. The van der Waals surface area contributed by atoms with E-state index < -0.39 is 63.1 Å². The zero-order valence-electron chi connectivity index (χ0n) is 16.9. The van der Waals surface area contributed by atoms with Crippen LogP contribution >= 0.6 is 0 Å². The number of nitrogens with one attached hydrogen (secondary N) is 2. The second-order valence-electron chi connectivity index (χ2n) is 8.09. The number of hydrogen-bond acceptors (Lipinski definition) is 5. The number of rotatable bonds is 6. The van der Waals surface area contributed by atoms with Gasteiger partial charge in [0.25, 0.3) is 5.91 Å². The summed E-state index contributed by atoms with van der Waals surface area (Å²) in [6.07, 6.45) is -0.426. The molecule has 0 radical (unpaired) electrons. The van der Waals surface area contributed by atoms with Crippen LogP contribution in [-0.4, -0.2) is 44.5 Å². The highest BCUT2D eigenvalue weighted by molar-refractivity contribution is 7.84. The number of halogens is 1. The van der Waals surface area contributed by atoms with Gasteiger partial charge in [0.1, 0.15) is 5.82 Å². The Balaban J connectivity index is 2.40. The molecular formula is C19H24FN3O5S. The molecule has 1 aliphatic rings. The molecule has 0 bridgehead atoms. The van der Waals surface area contributed by atoms with Crippen LogP contribution in [0.5, 0.6) is 0 Å². The third-order valence-electron chi connectivity index (χ3n) is 4.56. The van der Waals surface area contributed by atoms with E-state index in [1.165, 1.54) is 18.2 Å². The number of nitrogens with zero attached hydrogens (tertiary/aromatic N) is 1. The number of ketones is 1. The number of amides is 4. The van der Waals surface area contributed by atoms with Crippen molar-refractivity contribution < 1.29 is 27.8 Å². The van der Waals surface area contributed by atoms with Gasteiger partial charge in [-0.05, 0) is 45.4 Å². The minimum absolute atomic E-state index is 0.330. The second-order valence-corrected chi connectivity index (χ2v) is 10.1. The molecule has 29 heavy (non-hydrogen) atoms. The molecule has 1 aromatic carbocycles. The molecule has 1 aromatic rings. The van der Waals surface area contributed by atoms with Gasteiger partial charge in [-0.2, -0.15) is 0 Å². The van der Waals surface area contributed by atoms with Crippen molar-refractivity contribution in [1.29, 1.82) is 0 Å². The summed E-state index contributed by atoms with van der Waals surface area (Å²) >= 11 is 0. The van der Waals surface area contributed by atoms with Crippen molar-refractivity contribution in [3.63, 3.8) is 0 Å². The van der Waals surface area contributed by atoms with Gasteiger partial charge in [0.2, 0.25) is 5.91 Å². The maximum absolute atomic E-state index is 13.8. The van der Waals surface area contributed by atoms with Crippen LogP contribution in [0.25, 0.3) is 0 Å². The van der Waals surface area contributed by atoms with Crippen LogP contribution in [0.3, 0.4) is 0 Å². The highest BCUT2D eigenvalue weighted by atomic mass is 32.2. The van der Waals surface area contributed by atoms with E-state index in [9.17, 15) is 27.8 Å². The monoisotopic (exact) mass is 425 g/mol. The molecular weight excluding hydrogens is 401 g/mol. The third-order valence-corrected chi connectivity index (χ3v) is 6.31. The molecule has 1 saturated heterocycles. The molecule has 1 aliphatic heterocycles. The van der Waals surface area contributed by atoms with E-state index in [4.69, 9.17) is 0 Å². The van der Waals surface area contributed by atoms with E-state index in [0.717, 1.165) is 7.05 Å². The van der Waals surface area contributed by atoms with Crippen LogP contribution < -0.4 is 10.0 Å². The summed E-state index contributed by atoms with van der Waals surface area (Å²) in [5, 5.41) is 1.96. The van der Waals surface area contributed by atoms with E-state index in [0.29, 0.717) is 10.5 Å². The quantitative estimate of drug-likeness (QED) is 0.669. The fourth-order valence-electron chi connectivity index (χ4n) is 2.79. The van der Waals surface area contributed by atoms with E-state index in [-0.39, 0.29) is 0 Å². The predicted molar refractivity (Wildman–Crippen MR) is 104 cm³/mol. The molecule has 0 saturated carbocycles. The fraction of sp³-hybridized carbons (Fsp3) is 0.474. The lowest BCUT2D eigenvalue weighted by Crippen LogP contribution is -2.59. The minimum Gasteiger partial charge on any atom is -0.298 e. The van der Waals surface area contributed by atoms with Crippen molar-refractivity contribution in [2.75, 3.05) is 7.05 Å². The summed E-state index contributed by atoms with van der Waals surface area (Å²) in [6, 6.07) is 4.51. The lowest BCUT2D eigenvalue weighted by Gasteiger charge is -2.35. The van der Waals surface area contributed by atoms with E-state index in [2.05, 4.69) is 4.72 Å². The van der Waals surface area contributed by atoms with Gasteiger partial charge in [-0.15, -0.1) is 0 Å². The minimum atomic E-state index is -1.71. The standard InChI is InChI=1S/C19H24FN3O5S/c1-18(2,3)29(28)22-19(4,11-7-6-8-12(20)9-11)10-13(24)14-15(25)21-17(27)23(5)16(14)26/h6-9,14,22H,10H2,1-5H3,(H,21,25,27)/t14-,19+,29?/m0/s1. The molecule has 8 nitrogen and oxygen atoms in total. The van der Waals surface area contributed by atoms with Crippen molar-refractivity contribution in [1.82, 2.24) is 14.9 Å². The van der Waals surface area contributed by atoms with Crippen molar-refractivity contribution in [3.8, 4) is 0 Å². The number of urea groups is 1. The van der Waals surface area contributed by atoms with Crippen molar-refractivity contribution >= 4 is 34.6 Å². The number of imide groups is 2. The Labute approximate surface area is 170 Å². The number of benzene rings is 1. The second kappa shape index (κ2) is 8.11. The fourth-order valence-corrected chi connectivity index (χ4v) is 3.69. The summed E-state index contributed by atoms with van der Waals surface area (Å²) in [5.74, 6) is -5.00. The van der Waals surface area contributed by atoms with Gasteiger partial charge in [-0.25, -0.2) is 18.1 Å². The van der Waals surface area contributed by atoms with Crippen molar-refractivity contribution in [3.05, 3.63) is 35.6 Å². The average molecular weight is 425 g/mol. The molecule has 0 aliphatic carbocycles. The Kier molecular flexibility index (Phi) is 6.39. The highest BCUT2D eigenvalue weighted by Gasteiger charge is 2.46. The summed E-state index contributed by atoms with van der Waals surface area (Å²) in [4.78, 5) is 49.6. The summed E-state index contributed by atoms with van der Waals surface area (Å²) in [5.41, 5.74) is -1.01. The number of hydrogen-bond donors (Lipinski definition) is 2. The number of barbiturate groups is 1. The van der Waals surface area contributed by atoms with Crippen LogP contribution in [0.15, 0.2) is 24.3 Å². The Morgan fingerprint density at radius 2 is 1.86 bits per heavy atom. The topological polar surface area (TPSA) is 113 Å². The first-order chi connectivity index (χ1) is 13.3. The Morgan fingerprint density at radius 1 is 1.24 bits per heavy atom. The van der Waals surface area contributed by atoms with Gasteiger partial charge in [-0.3, -0.25) is 24.6 Å². The molecule has 4 amide bonds. The van der Waals surface area contributed by atoms with Gasteiger partial charge in [0, 0.05) is 13.5 Å². The SMILES string of the molecule is CN1C(=O)NC(=O)[C@H](C(=O)C[C@@](C)(NS(=O)C(C)(C)C)c2cccc(F)c2)C1=O. The van der Waals surface area contributed by atoms with Crippen LogP contribution in [0.1, 0.15) is 39.7 Å².